The minimum Gasteiger partial charge on any atom is -0.386 e. The summed E-state index contributed by atoms with van der Waals surface area (Å²) in [7, 11) is 5.45. The second kappa shape index (κ2) is 15.3. The third-order valence-electron chi connectivity index (χ3n) is 3.78. The molecule has 2 N–H and O–H groups in total. The van der Waals surface area contributed by atoms with Crippen molar-refractivity contribution in [1.29, 1.82) is 5.26 Å². The molecule has 6 nitrogen and oxygen atoms in total. The van der Waals surface area contributed by atoms with Gasteiger partial charge in [-0.1, -0.05) is 39.0 Å². The Morgan fingerprint density at radius 3 is 2.45 bits per heavy atom. The summed E-state index contributed by atoms with van der Waals surface area (Å²) in [5.41, 5.74) is 2.75. The maximum atomic E-state index is 12.6. The van der Waals surface area contributed by atoms with E-state index in [0.29, 0.717) is 22.7 Å². The molecule has 1 aromatic heterocycles. The van der Waals surface area contributed by atoms with Crippen molar-refractivity contribution in [3.8, 4) is 6.07 Å². The van der Waals surface area contributed by atoms with Gasteiger partial charge in [-0.05, 0) is 38.4 Å². The molecule has 0 fully saturated rings. The Bertz CT molecular complexity index is 793. The number of carbonyl (C=O) groups excluding carboxylic acids is 1. The highest BCUT2D eigenvalue weighted by molar-refractivity contribution is 7.13. The lowest BCUT2D eigenvalue weighted by molar-refractivity contribution is 0.0790. The van der Waals surface area contributed by atoms with E-state index in [1.54, 1.807) is 25.1 Å². The monoisotopic (exact) mass is 415 g/mol. The summed E-state index contributed by atoms with van der Waals surface area (Å²) in [4.78, 5) is 18.7. The molecule has 0 unspecified atom stereocenters. The highest BCUT2D eigenvalue weighted by Crippen LogP contribution is 2.35. The van der Waals surface area contributed by atoms with Gasteiger partial charge in [0, 0.05) is 26.0 Å². The molecule has 2 aromatic rings. The van der Waals surface area contributed by atoms with E-state index in [4.69, 9.17) is 5.26 Å². The minimum atomic E-state index is -0.137. The van der Waals surface area contributed by atoms with Crippen molar-refractivity contribution >= 4 is 35.3 Å². The van der Waals surface area contributed by atoms with Crippen LogP contribution in [0.1, 0.15) is 48.0 Å². The van der Waals surface area contributed by atoms with Crippen molar-refractivity contribution in [2.75, 3.05) is 33.0 Å². The third-order valence-corrected chi connectivity index (χ3v) is 4.74. The molecule has 0 bridgehead atoms. The molecule has 0 aliphatic rings. The van der Waals surface area contributed by atoms with Gasteiger partial charge < -0.3 is 15.5 Å². The Kier molecular flexibility index (Phi) is 13.8. The first-order chi connectivity index (χ1) is 14.0. The van der Waals surface area contributed by atoms with Crippen LogP contribution in [0.2, 0.25) is 0 Å². The lowest BCUT2D eigenvalue weighted by Gasteiger charge is -2.17. The smallest absolute Gasteiger partial charge is 0.266 e. The summed E-state index contributed by atoms with van der Waals surface area (Å²) >= 11 is 1.33. The van der Waals surface area contributed by atoms with E-state index in [1.165, 1.54) is 17.8 Å². The molecular weight excluding hydrogens is 382 g/mol. The number of hydrogen-bond donors (Lipinski definition) is 2. The summed E-state index contributed by atoms with van der Waals surface area (Å²) in [6.07, 6.45) is 1.23. The fourth-order valence-electron chi connectivity index (χ4n) is 2.36. The van der Waals surface area contributed by atoms with E-state index in [1.807, 2.05) is 44.5 Å². The molecule has 29 heavy (non-hydrogen) atoms. The molecule has 7 heteroatoms. The number of benzene rings is 1. The molecule has 0 atom stereocenters. The first kappa shape index (κ1) is 26.3. The Hall–Kier alpha value is -2.69. The van der Waals surface area contributed by atoms with Crippen molar-refractivity contribution in [3.63, 3.8) is 0 Å². The van der Waals surface area contributed by atoms with E-state index in [2.05, 4.69) is 35.3 Å². The van der Waals surface area contributed by atoms with Gasteiger partial charge in [-0.3, -0.25) is 9.79 Å². The van der Waals surface area contributed by atoms with E-state index in [-0.39, 0.29) is 5.91 Å². The molecule has 0 saturated carbocycles. The Balaban J connectivity index is 0.000000977. The number of carbonyl (C=O) groups is 1. The molecule has 1 heterocycles. The molecule has 1 aromatic carbocycles. The fraction of sp³-hybridized carbons (Fsp3) is 0.409. The van der Waals surface area contributed by atoms with Crippen LogP contribution >= 0.6 is 11.3 Å². The predicted molar refractivity (Wildman–Crippen MR) is 126 cm³/mol. The number of anilines is 1. The molecule has 2 rings (SSSR count). The Morgan fingerprint density at radius 2 is 1.97 bits per heavy atom. The van der Waals surface area contributed by atoms with Crippen LogP contribution in [0.3, 0.4) is 0 Å². The van der Waals surface area contributed by atoms with Gasteiger partial charge in [-0.15, -0.1) is 11.3 Å². The van der Waals surface area contributed by atoms with Gasteiger partial charge in [-0.2, -0.15) is 5.26 Å². The number of nitriles is 1. The van der Waals surface area contributed by atoms with Gasteiger partial charge in [0.1, 0.15) is 10.6 Å². The summed E-state index contributed by atoms with van der Waals surface area (Å²) in [6.45, 7) is 11.2. The van der Waals surface area contributed by atoms with E-state index < -0.39 is 0 Å². The molecule has 0 spiro atoms. The van der Waals surface area contributed by atoms with Crippen LogP contribution in [0.15, 0.2) is 34.6 Å². The molecular formula is C22H33N5OS. The minimum absolute atomic E-state index is 0.137. The second-order valence-corrected chi connectivity index (χ2v) is 6.65. The average molecular weight is 416 g/mol. The van der Waals surface area contributed by atoms with Crippen LogP contribution in [0.4, 0.5) is 11.4 Å². The molecule has 1 amide bonds. The quantitative estimate of drug-likeness (QED) is 0.630. The number of hydrogen-bond acceptors (Lipinski definition) is 6. The van der Waals surface area contributed by atoms with Crippen LogP contribution in [-0.2, 0) is 6.54 Å². The van der Waals surface area contributed by atoms with E-state index in [9.17, 15) is 4.79 Å². The zero-order valence-corrected chi connectivity index (χ0v) is 19.2. The fourth-order valence-corrected chi connectivity index (χ4v) is 3.36. The third kappa shape index (κ3) is 8.06. The summed E-state index contributed by atoms with van der Waals surface area (Å²) in [5, 5.41) is 17.0. The van der Waals surface area contributed by atoms with Gasteiger partial charge in [0.05, 0.1) is 17.3 Å². The largest absolute Gasteiger partial charge is 0.386 e. The van der Waals surface area contributed by atoms with Gasteiger partial charge in [-0.25, -0.2) is 0 Å². The molecule has 0 saturated heterocycles. The highest BCUT2D eigenvalue weighted by Gasteiger charge is 2.20. The standard InChI is InChI=1S/C16H16N4OS.C4H11N.C2H6/c1-18-13-10-22-15(14(13)19-2)16(21)20(3)9-12-7-5-4-6-11(12)8-17;1-3-4-5-2;1-2/h4-7,10,18H,2,9H2,1,3H3;5H,3-4H2,1-2H3;1-2H3. The van der Waals surface area contributed by atoms with Gasteiger partial charge in [0.2, 0.25) is 0 Å². The number of thiophene rings is 1. The Morgan fingerprint density at radius 1 is 1.31 bits per heavy atom. The van der Waals surface area contributed by atoms with Crippen LogP contribution in [0.5, 0.6) is 0 Å². The van der Waals surface area contributed by atoms with Crippen LogP contribution < -0.4 is 10.6 Å². The van der Waals surface area contributed by atoms with Crippen molar-refractivity contribution in [1.82, 2.24) is 10.2 Å². The van der Waals surface area contributed by atoms with Crippen LogP contribution in [0, 0.1) is 11.3 Å². The van der Waals surface area contributed by atoms with Crippen LogP contribution in [-0.4, -0.2) is 45.2 Å². The SMILES string of the molecule is C=Nc1c(NC)csc1C(=O)N(C)Cc1ccccc1C#N.CC.CCCNC. The molecule has 158 valence electrons. The zero-order chi connectivity index (χ0) is 22.2. The maximum absolute atomic E-state index is 12.6. The number of rotatable bonds is 7. The number of nitrogens with one attached hydrogen (secondary N) is 2. The summed E-state index contributed by atoms with van der Waals surface area (Å²) in [6, 6.07) is 9.40. The van der Waals surface area contributed by atoms with E-state index >= 15 is 0 Å². The van der Waals surface area contributed by atoms with Gasteiger partial charge in [0.25, 0.3) is 5.91 Å². The van der Waals surface area contributed by atoms with E-state index in [0.717, 1.165) is 17.8 Å². The van der Waals surface area contributed by atoms with Crippen molar-refractivity contribution in [2.24, 2.45) is 4.99 Å². The van der Waals surface area contributed by atoms with Gasteiger partial charge >= 0.3 is 0 Å². The molecule has 0 aliphatic carbocycles. The topological polar surface area (TPSA) is 80.5 Å². The number of amides is 1. The van der Waals surface area contributed by atoms with Crippen LogP contribution in [0.25, 0.3) is 0 Å². The average Bonchev–Trinajstić information content (AvgIpc) is 3.19. The maximum Gasteiger partial charge on any atom is 0.266 e. The first-order valence-electron chi connectivity index (χ1n) is 9.67. The summed E-state index contributed by atoms with van der Waals surface area (Å²) in [5.74, 6) is -0.137. The lowest BCUT2D eigenvalue weighted by atomic mass is 10.1. The zero-order valence-electron chi connectivity index (χ0n) is 18.4. The van der Waals surface area contributed by atoms with Crippen molar-refractivity contribution in [3.05, 3.63) is 45.6 Å². The lowest BCUT2D eigenvalue weighted by Crippen LogP contribution is -2.26. The van der Waals surface area contributed by atoms with Gasteiger partial charge in [0.15, 0.2) is 0 Å². The number of nitrogens with zero attached hydrogens (tertiary/aromatic N) is 3. The number of aliphatic imine (C=N–C) groups is 1. The molecule has 0 aliphatic heterocycles. The molecule has 0 radical (unpaired) electrons. The highest BCUT2D eigenvalue weighted by atomic mass is 32.1. The van der Waals surface area contributed by atoms with Crippen molar-refractivity contribution in [2.45, 2.75) is 33.7 Å². The van der Waals surface area contributed by atoms with Crippen molar-refractivity contribution < 1.29 is 4.79 Å². The Labute approximate surface area is 179 Å². The first-order valence-corrected chi connectivity index (χ1v) is 10.6. The second-order valence-electron chi connectivity index (χ2n) is 5.77. The predicted octanol–water partition coefficient (Wildman–Crippen LogP) is 4.91. The normalized spacial score (nSPS) is 9.14. The summed E-state index contributed by atoms with van der Waals surface area (Å²) < 4.78 is 0.